The molecular formula is C17H16F3N5O2. The zero-order valence-electron chi connectivity index (χ0n) is 14.4. The SMILES string of the molecule is CN(C)C(=O)c1ccc(C(=O)NC(N)=Nc2ccc(C(F)(F)F)cc2)cn1. The third-order valence-electron chi connectivity index (χ3n) is 3.34. The Morgan fingerprint density at radius 2 is 1.74 bits per heavy atom. The van der Waals surface area contributed by atoms with Gasteiger partial charge < -0.3 is 10.6 Å². The van der Waals surface area contributed by atoms with E-state index in [1.54, 1.807) is 14.1 Å². The Morgan fingerprint density at radius 1 is 1.11 bits per heavy atom. The van der Waals surface area contributed by atoms with E-state index in [1.807, 2.05) is 0 Å². The molecule has 0 radical (unpaired) electrons. The van der Waals surface area contributed by atoms with Crippen molar-refractivity contribution in [3.05, 3.63) is 59.4 Å². The van der Waals surface area contributed by atoms with Crippen LogP contribution in [-0.4, -0.2) is 41.8 Å². The second-order valence-electron chi connectivity index (χ2n) is 5.63. The van der Waals surface area contributed by atoms with Crippen LogP contribution < -0.4 is 11.1 Å². The lowest BCUT2D eigenvalue weighted by atomic mass is 10.2. The Morgan fingerprint density at radius 3 is 2.22 bits per heavy atom. The van der Waals surface area contributed by atoms with Gasteiger partial charge in [0.2, 0.25) is 5.96 Å². The Kier molecular flexibility index (Phi) is 5.78. The van der Waals surface area contributed by atoms with Crippen LogP contribution in [0, 0.1) is 0 Å². The van der Waals surface area contributed by atoms with Gasteiger partial charge >= 0.3 is 6.18 Å². The van der Waals surface area contributed by atoms with Gasteiger partial charge in [-0.05, 0) is 36.4 Å². The average Bonchev–Trinajstić information content (AvgIpc) is 2.60. The maximum Gasteiger partial charge on any atom is 0.416 e. The lowest BCUT2D eigenvalue weighted by Crippen LogP contribution is -2.36. The molecular weight excluding hydrogens is 363 g/mol. The van der Waals surface area contributed by atoms with Crippen LogP contribution in [0.5, 0.6) is 0 Å². The highest BCUT2D eigenvalue weighted by Crippen LogP contribution is 2.30. The topological polar surface area (TPSA) is 101 Å². The molecule has 2 rings (SSSR count). The van der Waals surface area contributed by atoms with Crippen molar-refractivity contribution < 1.29 is 22.8 Å². The molecule has 0 saturated carbocycles. The number of guanidine groups is 1. The van der Waals surface area contributed by atoms with Crippen molar-refractivity contribution in [2.45, 2.75) is 6.18 Å². The minimum atomic E-state index is -4.45. The summed E-state index contributed by atoms with van der Waals surface area (Å²) in [4.78, 5) is 32.9. The molecule has 0 fully saturated rings. The van der Waals surface area contributed by atoms with Gasteiger partial charge in [0.1, 0.15) is 5.69 Å². The number of nitrogens with two attached hydrogens (primary N) is 1. The first-order valence-electron chi connectivity index (χ1n) is 7.58. The van der Waals surface area contributed by atoms with Crippen LogP contribution in [0.4, 0.5) is 18.9 Å². The number of nitrogens with one attached hydrogen (secondary N) is 1. The molecule has 142 valence electrons. The fourth-order valence-electron chi connectivity index (χ4n) is 1.96. The summed E-state index contributed by atoms with van der Waals surface area (Å²) in [5.41, 5.74) is 5.23. The van der Waals surface area contributed by atoms with Crippen molar-refractivity contribution in [3.8, 4) is 0 Å². The fraction of sp³-hybridized carbons (Fsp3) is 0.176. The number of hydrogen-bond donors (Lipinski definition) is 2. The molecule has 7 nitrogen and oxygen atoms in total. The number of benzene rings is 1. The molecule has 2 amide bonds. The van der Waals surface area contributed by atoms with Gasteiger partial charge in [-0.1, -0.05) is 0 Å². The van der Waals surface area contributed by atoms with E-state index in [0.29, 0.717) is 0 Å². The van der Waals surface area contributed by atoms with Gasteiger partial charge in [-0.15, -0.1) is 0 Å². The third kappa shape index (κ3) is 5.27. The Hall–Kier alpha value is -3.43. The van der Waals surface area contributed by atoms with Crippen LogP contribution in [0.2, 0.25) is 0 Å². The van der Waals surface area contributed by atoms with Crippen molar-refractivity contribution >= 4 is 23.5 Å². The van der Waals surface area contributed by atoms with E-state index < -0.39 is 17.6 Å². The monoisotopic (exact) mass is 379 g/mol. The number of aliphatic imine (C=N–C) groups is 1. The number of halogens is 3. The van der Waals surface area contributed by atoms with E-state index in [9.17, 15) is 22.8 Å². The molecule has 0 unspecified atom stereocenters. The highest BCUT2D eigenvalue weighted by atomic mass is 19.4. The predicted molar refractivity (Wildman–Crippen MR) is 92.4 cm³/mol. The normalized spacial score (nSPS) is 11.8. The van der Waals surface area contributed by atoms with Crippen LogP contribution in [0.1, 0.15) is 26.4 Å². The zero-order valence-corrected chi connectivity index (χ0v) is 14.4. The molecule has 0 atom stereocenters. The van der Waals surface area contributed by atoms with Crippen LogP contribution in [0.25, 0.3) is 0 Å². The van der Waals surface area contributed by atoms with Gasteiger partial charge in [0.25, 0.3) is 11.8 Å². The van der Waals surface area contributed by atoms with Gasteiger partial charge in [-0.25, -0.2) is 4.99 Å². The summed E-state index contributed by atoms with van der Waals surface area (Å²) in [5, 5.41) is 2.29. The summed E-state index contributed by atoms with van der Waals surface area (Å²) in [6, 6.07) is 6.76. The number of amides is 2. The average molecular weight is 379 g/mol. The fourth-order valence-corrected chi connectivity index (χ4v) is 1.96. The second-order valence-corrected chi connectivity index (χ2v) is 5.63. The van der Waals surface area contributed by atoms with Crippen molar-refractivity contribution in [1.82, 2.24) is 15.2 Å². The van der Waals surface area contributed by atoms with E-state index in [-0.39, 0.29) is 28.8 Å². The quantitative estimate of drug-likeness (QED) is 0.630. The maximum atomic E-state index is 12.5. The van der Waals surface area contributed by atoms with Crippen molar-refractivity contribution in [2.75, 3.05) is 14.1 Å². The highest BCUT2D eigenvalue weighted by molar-refractivity contribution is 6.05. The summed E-state index contributed by atoms with van der Waals surface area (Å²) in [6.07, 6.45) is -3.24. The molecule has 0 saturated heterocycles. The second kappa shape index (κ2) is 7.85. The number of rotatable bonds is 3. The minimum absolute atomic E-state index is 0.135. The first-order valence-corrected chi connectivity index (χ1v) is 7.58. The molecule has 2 aromatic rings. The Bertz CT molecular complexity index is 860. The number of carbonyl (C=O) groups is 2. The molecule has 27 heavy (non-hydrogen) atoms. The molecule has 1 aromatic heterocycles. The number of alkyl halides is 3. The lowest BCUT2D eigenvalue weighted by Gasteiger charge is -2.09. The summed E-state index contributed by atoms with van der Waals surface area (Å²) in [6.45, 7) is 0. The molecule has 0 aliphatic heterocycles. The van der Waals surface area contributed by atoms with Gasteiger partial charge in [-0.3, -0.25) is 19.9 Å². The number of hydrogen-bond acceptors (Lipinski definition) is 4. The van der Waals surface area contributed by atoms with Crippen LogP contribution in [-0.2, 0) is 6.18 Å². The molecule has 1 aromatic carbocycles. The van der Waals surface area contributed by atoms with Gasteiger partial charge in [0, 0.05) is 20.3 Å². The van der Waals surface area contributed by atoms with E-state index in [4.69, 9.17) is 5.73 Å². The van der Waals surface area contributed by atoms with E-state index in [1.165, 1.54) is 23.2 Å². The standard InChI is InChI=1S/C17H16F3N5O2/c1-25(2)15(27)13-8-3-10(9-22-13)14(26)24-16(21)23-12-6-4-11(5-7-12)17(18,19)20/h3-9H,1-2H3,(H3,21,23,24,26). The van der Waals surface area contributed by atoms with Crippen molar-refractivity contribution in [3.63, 3.8) is 0 Å². The third-order valence-corrected chi connectivity index (χ3v) is 3.34. The van der Waals surface area contributed by atoms with Crippen LogP contribution in [0.3, 0.4) is 0 Å². The van der Waals surface area contributed by atoms with E-state index in [0.717, 1.165) is 24.3 Å². The van der Waals surface area contributed by atoms with Crippen molar-refractivity contribution in [2.24, 2.45) is 10.7 Å². The summed E-state index contributed by atoms with van der Waals surface area (Å²) in [7, 11) is 3.14. The molecule has 10 heteroatoms. The van der Waals surface area contributed by atoms with Gasteiger partial charge in [0.15, 0.2) is 0 Å². The Balaban J connectivity index is 2.06. The van der Waals surface area contributed by atoms with E-state index >= 15 is 0 Å². The summed E-state index contributed by atoms with van der Waals surface area (Å²) >= 11 is 0. The first kappa shape index (κ1) is 19.9. The smallest absolute Gasteiger partial charge is 0.369 e. The molecule has 3 N–H and O–H groups in total. The predicted octanol–water partition coefficient (Wildman–Crippen LogP) is 2.18. The number of pyridine rings is 1. The number of nitrogens with zero attached hydrogens (tertiary/aromatic N) is 3. The zero-order chi connectivity index (χ0) is 20.2. The number of carbonyl (C=O) groups excluding carboxylic acids is 2. The van der Waals surface area contributed by atoms with E-state index in [2.05, 4.69) is 15.3 Å². The maximum absolute atomic E-state index is 12.5. The highest BCUT2D eigenvalue weighted by Gasteiger charge is 2.29. The molecule has 0 bridgehead atoms. The lowest BCUT2D eigenvalue weighted by molar-refractivity contribution is -0.137. The Labute approximate surface area is 152 Å². The molecule has 0 aliphatic rings. The molecule has 1 heterocycles. The van der Waals surface area contributed by atoms with Gasteiger partial charge in [0.05, 0.1) is 16.8 Å². The first-order chi connectivity index (χ1) is 12.6. The number of aromatic nitrogens is 1. The largest absolute Gasteiger partial charge is 0.416 e. The minimum Gasteiger partial charge on any atom is -0.369 e. The summed E-state index contributed by atoms with van der Waals surface area (Å²) in [5.74, 6) is -1.24. The van der Waals surface area contributed by atoms with Crippen LogP contribution in [0.15, 0.2) is 47.6 Å². The molecule has 0 spiro atoms. The van der Waals surface area contributed by atoms with Crippen molar-refractivity contribution in [1.29, 1.82) is 0 Å². The van der Waals surface area contributed by atoms with Crippen LogP contribution >= 0.6 is 0 Å². The molecule has 0 aliphatic carbocycles. The van der Waals surface area contributed by atoms with Gasteiger partial charge in [-0.2, -0.15) is 13.2 Å². The summed E-state index contributed by atoms with van der Waals surface area (Å²) < 4.78 is 37.6.